The summed E-state index contributed by atoms with van der Waals surface area (Å²) in [5.74, 6) is 0.901. The van der Waals surface area contributed by atoms with Gasteiger partial charge in [0.15, 0.2) is 0 Å². The van der Waals surface area contributed by atoms with E-state index in [9.17, 15) is 0 Å². The summed E-state index contributed by atoms with van der Waals surface area (Å²) in [4.78, 5) is 4.38. The van der Waals surface area contributed by atoms with Gasteiger partial charge in [0.05, 0.1) is 5.52 Å². The lowest BCUT2D eigenvalue weighted by Gasteiger charge is -2.07. The number of hydrogen-bond donors (Lipinski definition) is 1. The van der Waals surface area contributed by atoms with Crippen LogP contribution >= 0.6 is 0 Å². The maximum atomic E-state index is 5.93. The smallest absolute Gasteiger partial charge is 0.225 e. The Kier molecular flexibility index (Phi) is 3.14. The van der Waals surface area contributed by atoms with Crippen LogP contribution in [0.2, 0.25) is 0 Å². The maximum absolute atomic E-state index is 5.93. The van der Waals surface area contributed by atoms with Gasteiger partial charge in [-0.25, -0.2) is 0 Å². The lowest BCUT2D eigenvalue weighted by Crippen LogP contribution is -1.99. The zero-order valence-electron chi connectivity index (χ0n) is 11.6. The first-order valence-electron chi connectivity index (χ1n) is 6.75. The monoisotopic (exact) mass is 267 g/mol. The molecule has 4 heteroatoms. The second kappa shape index (κ2) is 4.96. The third-order valence-corrected chi connectivity index (χ3v) is 3.33. The summed E-state index contributed by atoms with van der Waals surface area (Å²) in [6, 6.07) is 9.98. The van der Waals surface area contributed by atoms with E-state index in [-0.39, 0.29) is 0 Å². The molecule has 0 aliphatic heterocycles. The molecule has 0 unspecified atom stereocenters. The van der Waals surface area contributed by atoms with Crippen molar-refractivity contribution in [2.24, 2.45) is 5.92 Å². The van der Waals surface area contributed by atoms with Crippen LogP contribution in [0.5, 0.6) is 0 Å². The average molecular weight is 267 g/mol. The Labute approximate surface area is 117 Å². The Morgan fingerprint density at radius 3 is 2.85 bits per heavy atom. The highest BCUT2D eigenvalue weighted by Crippen LogP contribution is 2.33. The van der Waals surface area contributed by atoms with Crippen molar-refractivity contribution in [2.45, 2.75) is 20.3 Å². The summed E-state index contributed by atoms with van der Waals surface area (Å²) in [6.45, 7) is 4.31. The quantitative estimate of drug-likeness (QED) is 0.786. The van der Waals surface area contributed by atoms with E-state index >= 15 is 0 Å². The van der Waals surface area contributed by atoms with Crippen molar-refractivity contribution >= 4 is 16.8 Å². The molecule has 4 nitrogen and oxygen atoms in total. The standard InChI is InChI=1S/C16H17N3O/c1-10(2)9-13-15(19-20-16(13)17)12-5-3-7-14-11(12)6-4-8-18-14/h3-8,10H,9,17H2,1-2H3. The van der Waals surface area contributed by atoms with Gasteiger partial charge < -0.3 is 10.3 Å². The molecule has 2 heterocycles. The Bertz CT molecular complexity index is 741. The van der Waals surface area contributed by atoms with Gasteiger partial charge in [-0.3, -0.25) is 4.98 Å². The molecule has 0 saturated carbocycles. The van der Waals surface area contributed by atoms with Crippen molar-refractivity contribution in [3.05, 3.63) is 42.1 Å². The molecule has 0 saturated heterocycles. The van der Waals surface area contributed by atoms with Crippen LogP contribution in [0.25, 0.3) is 22.2 Å². The normalized spacial score (nSPS) is 11.3. The van der Waals surface area contributed by atoms with Gasteiger partial charge in [-0.1, -0.05) is 37.2 Å². The van der Waals surface area contributed by atoms with E-state index in [4.69, 9.17) is 10.3 Å². The van der Waals surface area contributed by atoms with Gasteiger partial charge in [0.2, 0.25) is 5.88 Å². The molecule has 1 aromatic carbocycles. The minimum absolute atomic E-state index is 0.412. The van der Waals surface area contributed by atoms with Crippen molar-refractivity contribution in [3.8, 4) is 11.3 Å². The second-order valence-electron chi connectivity index (χ2n) is 5.35. The predicted octanol–water partition coefficient (Wildman–Crippen LogP) is 3.67. The Hall–Kier alpha value is -2.36. The molecule has 3 rings (SSSR count). The van der Waals surface area contributed by atoms with E-state index in [1.54, 1.807) is 6.20 Å². The molecule has 0 aliphatic carbocycles. The molecule has 0 atom stereocenters. The number of fused-ring (bicyclic) bond motifs is 1. The molecule has 2 aromatic heterocycles. The van der Waals surface area contributed by atoms with E-state index in [1.165, 1.54) is 0 Å². The summed E-state index contributed by atoms with van der Waals surface area (Å²) in [5.41, 5.74) is 9.70. The number of pyridine rings is 1. The number of benzene rings is 1. The van der Waals surface area contributed by atoms with E-state index in [0.29, 0.717) is 11.8 Å². The van der Waals surface area contributed by atoms with Crippen LogP contribution in [0.4, 0.5) is 5.88 Å². The van der Waals surface area contributed by atoms with Crippen molar-refractivity contribution < 1.29 is 4.52 Å². The third kappa shape index (κ3) is 2.13. The molecule has 102 valence electrons. The summed E-state index contributed by atoms with van der Waals surface area (Å²) >= 11 is 0. The zero-order chi connectivity index (χ0) is 14.1. The molecule has 0 bridgehead atoms. The summed E-state index contributed by atoms with van der Waals surface area (Å²) < 4.78 is 5.21. The van der Waals surface area contributed by atoms with Gasteiger partial charge in [0, 0.05) is 22.7 Å². The number of nitrogens with two attached hydrogens (primary N) is 1. The van der Waals surface area contributed by atoms with Crippen LogP contribution in [0, 0.1) is 5.92 Å². The van der Waals surface area contributed by atoms with E-state index in [1.807, 2.05) is 30.3 Å². The number of nitrogen functional groups attached to an aromatic ring is 1. The fourth-order valence-electron chi connectivity index (χ4n) is 2.45. The highest BCUT2D eigenvalue weighted by atomic mass is 16.5. The second-order valence-corrected chi connectivity index (χ2v) is 5.35. The predicted molar refractivity (Wildman–Crippen MR) is 80.2 cm³/mol. The van der Waals surface area contributed by atoms with E-state index in [0.717, 1.165) is 34.1 Å². The first-order chi connectivity index (χ1) is 9.66. The lowest BCUT2D eigenvalue weighted by molar-refractivity contribution is 0.438. The summed E-state index contributed by atoms with van der Waals surface area (Å²) in [5, 5.41) is 5.22. The molecular weight excluding hydrogens is 250 g/mol. The van der Waals surface area contributed by atoms with Gasteiger partial charge in [0.25, 0.3) is 0 Å². The summed E-state index contributed by atoms with van der Waals surface area (Å²) in [6.07, 6.45) is 2.64. The number of aromatic nitrogens is 2. The number of rotatable bonds is 3. The minimum Gasteiger partial charge on any atom is -0.367 e. The van der Waals surface area contributed by atoms with Gasteiger partial charge in [-0.15, -0.1) is 0 Å². The topological polar surface area (TPSA) is 64.9 Å². The first kappa shape index (κ1) is 12.7. The van der Waals surface area contributed by atoms with Crippen LogP contribution in [0.15, 0.2) is 41.1 Å². The van der Waals surface area contributed by atoms with E-state index in [2.05, 4.69) is 24.0 Å². The van der Waals surface area contributed by atoms with Crippen LogP contribution in [0.1, 0.15) is 19.4 Å². The van der Waals surface area contributed by atoms with Crippen molar-refractivity contribution in [1.29, 1.82) is 0 Å². The number of hydrogen-bond acceptors (Lipinski definition) is 4. The fourth-order valence-corrected chi connectivity index (χ4v) is 2.45. The zero-order valence-corrected chi connectivity index (χ0v) is 11.6. The van der Waals surface area contributed by atoms with Gasteiger partial charge >= 0.3 is 0 Å². The van der Waals surface area contributed by atoms with Crippen molar-refractivity contribution in [3.63, 3.8) is 0 Å². The van der Waals surface area contributed by atoms with Gasteiger partial charge in [-0.2, -0.15) is 0 Å². The Balaban J connectivity index is 2.21. The minimum atomic E-state index is 0.412. The molecule has 20 heavy (non-hydrogen) atoms. The Morgan fingerprint density at radius 1 is 1.20 bits per heavy atom. The number of anilines is 1. The number of nitrogens with zero attached hydrogens (tertiary/aromatic N) is 2. The van der Waals surface area contributed by atoms with Crippen molar-refractivity contribution in [2.75, 3.05) is 5.73 Å². The van der Waals surface area contributed by atoms with Crippen LogP contribution < -0.4 is 5.73 Å². The molecular formula is C16H17N3O. The highest BCUT2D eigenvalue weighted by molar-refractivity contribution is 5.94. The molecule has 0 amide bonds. The van der Waals surface area contributed by atoms with Crippen molar-refractivity contribution in [1.82, 2.24) is 10.1 Å². The van der Waals surface area contributed by atoms with Crippen LogP contribution in [-0.4, -0.2) is 10.1 Å². The van der Waals surface area contributed by atoms with Gasteiger partial charge in [0.1, 0.15) is 5.69 Å². The first-order valence-corrected chi connectivity index (χ1v) is 6.75. The third-order valence-electron chi connectivity index (χ3n) is 3.33. The molecule has 3 aromatic rings. The van der Waals surface area contributed by atoms with Crippen LogP contribution in [0.3, 0.4) is 0 Å². The Morgan fingerprint density at radius 2 is 2.05 bits per heavy atom. The molecule has 2 N–H and O–H groups in total. The molecule has 0 aliphatic rings. The highest BCUT2D eigenvalue weighted by Gasteiger charge is 2.18. The summed E-state index contributed by atoms with van der Waals surface area (Å²) in [7, 11) is 0. The van der Waals surface area contributed by atoms with Crippen LogP contribution in [-0.2, 0) is 6.42 Å². The van der Waals surface area contributed by atoms with Gasteiger partial charge in [-0.05, 0) is 24.5 Å². The lowest BCUT2D eigenvalue weighted by atomic mass is 9.97. The average Bonchev–Trinajstić information content (AvgIpc) is 2.79. The molecule has 0 spiro atoms. The SMILES string of the molecule is CC(C)Cc1c(-c2cccc3ncccc23)noc1N. The van der Waals surface area contributed by atoms with E-state index < -0.39 is 0 Å². The largest absolute Gasteiger partial charge is 0.367 e. The molecule has 0 fully saturated rings. The molecule has 0 radical (unpaired) electrons. The fraction of sp³-hybridized carbons (Fsp3) is 0.250. The maximum Gasteiger partial charge on any atom is 0.225 e.